The van der Waals surface area contributed by atoms with Crippen LogP contribution in [-0.2, 0) is 0 Å². The number of hydrogen-bond donors (Lipinski definition) is 1. The van der Waals surface area contributed by atoms with E-state index in [1.807, 2.05) is 0 Å². The molecule has 0 atom stereocenters. The standard InChI is InChI=1S/ClHO.IO4.K/c1-2;2-1(3,4)5;/h2H;;/q;-1;+1. The molecule has 0 fully saturated rings. The summed E-state index contributed by atoms with van der Waals surface area (Å²) < 4.78 is 40.9. The summed E-state index contributed by atoms with van der Waals surface area (Å²) in [6, 6.07) is 0. The predicted molar refractivity (Wildman–Crippen MR) is 8.07 cm³/mol. The molecule has 0 amide bonds. The third-order valence-electron chi connectivity index (χ3n) is 0. The summed E-state index contributed by atoms with van der Waals surface area (Å²) in [6.45, 7) is 0. The van der Waals surface area contributed by atoms with Gasteiger partial charge in [0.05, 0.1) is 11.9 Å². The van der Waals surface area contributed by atoms with Crippen LogP contribution in [0.3, 0.4) is 0 Å². The van der Waals surface area contributed by atoms with Gasteiger partial charge in [0, 0.05) is 0 Å². The van der Waals surface area contributed by atoms with Gasteiger partial charge in [0.15, 0.2) is 0 Å². The molecule has 1 N–H and O–H groups in total. The van der Waals surface area contributed by atoms with E-state index in [1.165, 1.54) is 0 Å². The van der Waals surface area contributed by atoms with Crippen molar-refractivity contribution in [2.75, 3.05) is 0 Å². The van der Waals surface area contributed by atoms with E-state index in [0.717, 1.165) is 0 Å². The van der Waals surface area contributed by atoms with E-state index in [4.69, 9.17) is 18.4 Å². The Labute approximate surface area is 99.6 Å². The van der Waals surface area contributed by atoms with Gasteiger partial charge >= 0.3 is 51.4 Å². The molecule has 0 aliphatic carbocycles. The molecule has 5 nitrogen and oxygen atoms in total. The first-order chi connectivity index (χ1) is 3.00. The average Bonchev–Trinajstić information content (AvgIpc) is 1.36. The van der Waals surface area contributed by atoms with Crippen molar-refractivity contribution in [1.82, 2.24) is 0 Å². The van der Waals surface area contributed by atoms with Gasteiger partial charge in [-0.2, -0.15) is 0 Å². The zero-order valence-corrected chi connectivity index (χ0v) is 9.87. The second-order valence-electron chi connectivity index (χ2n) is 0.378. The summed E-state index contributed by atoms with van der Waals surface area (Å²) in [5.74, 6) is 0. The van der Waals surface area contributed by atoms with Gasteiger partial charge in [0.1, 0.15) is 20.1 Å². The van der Waals surface area contributed by atoms with Crippen LogP contribution in [0.25, 0.3) is 0 Å². The van der Waals surface area contributed by atoms with E-state index < -0.39 is 20.1 Å². The molecule has 0 aliphatic heterocycles. The summed E-state index contributed by atoms with van der Waals surface area (Å²) in [7, 11) is 0. The van der Waals surface area contributed by atoms with Gasteiger partial charge in [0.25, 0.3) is 0 Å². The average molecular weight is 282 g/mol. The van der Waals surface area contributed by atoms with E-state index in [-0.39, 0.29) is 51.4 Å². The van der Waals surface area contributed by atoms with Crippen LogP contribution in [-0.4, -0.2) is 4.66 Å². The maximum absolute atomic E-state index is 8.62. The minimum atomic E-state index is -5.94. The molecule has 0 aromatic carbocycles. The van der Waals surface area contributed by atoms with Gasteiger partial charge in [-0.1, -0.05) is 0 Å². The topological polar surface area (TPSA) is 112 Å². The van der Waals surface area contributed by atoms with Gasteiger partial charge in [-0.25, -0.2) is 0 Å². The second-order valence-corrected chi connectivity index (χ2v) is 2.54. The van der Waals surface area contributed by atoms with Crippen molar-refractivity contribution < 1.29 is 89.9 Å². The van der Waals surface area contributed by atoms with Gasteiger partial charge in [-0.15, -0.1) is 0 Å². The fraction of sp³-hybridized carbons (Fsp3) is 0. The van der Waals surface area contributed by atoms with Crippen molar-refractivity contribution in [3.63, 3.8) is 0 Å². The Morgan fingerprint density at radius 2 is 1.00 bits per heavy atom. The molecule has 46 valence electrons. The Balaban J connectivity index is -0.0000000750. The van der Waals surface area contributed by atoms with Gasteiger partial charge in [-0.05, 0) is 0 Å². The summed E-state index contributed by atoms with van der Waals surface area (Å²) >= 11 is -2.30. The van der Waals surface area contributed by atoms with E-state index >= 15 is 0 Å². The summed E-state index contributed by atoms with van der Waals surface area (Å²) in [4.78, 5) is 0. The van der Waals surface area contributed by atoms with E-state index in [0.29, 0.717) is 0 Å². The van der Waals surface area contributed by atoms with Crippen molar-refractivity contribution in [1.29, 1.82) is 0 Å². The molecular weight excluding hydrogens is 281 g/mol. The van der Waals surface area contributed by atoms with Crippen molar-refractivity contribution in [2.24, 2.45) is 0 Å². The minimum absolute atomic E-state index is 0. The van der Waals surface area contributed by atoms with E-state index in [2.05, 4.69) is 11.9 Å². The van der Waals surface area contributed by atoms with Gasteiger partial charge in [-0.3, -0.25) is 18.4 Å². The molecule has 0 aromatic rings. The van der Waals surface area contributed by atoms with Crippen LogP contribution in [0.5, 0.6) is 0 Å². The molecule has 0 heterocycles. The normalized spacial score (nSPS) is 8.25. The Morgan fingerprint density at radius 3 is 1.00 bits per heavy atom. The zero-order chi connectivity index (χ0) is 6.50. The molecule has 0 rings (SSSR count). The SMILES string of the molecule is OCl.[K+].[O-][I+3]([O-])([O-])[O-]. The first-order valence-corrected chi connectivity index (χ1v) is 4.65. The van der Waals surface area contributed by atoms with E-state index in [1.54, 1.807) is 0 Å². The Morgan fingerprint density at radius 1 is 1.00 bits per heavy atom. The van der Waals surface area contributed by atoms with Crippen molar-refractivity contribution in [3.05, 3.63) is 0 Å². The molecule has 8 heteroatoms. The summed E-state index contributed by atoms with van der Waals surface area (Å²) in [5.41, 5.74) is 0. The third kappa shape index (κ3) is 77.9. The Bertz CT molecular complexity index is 27.9. The Kier molecular flexibility index (Phi) is 19.9. The monoisotopic (exact) mass is 282 g/mol. The summed E-state index contributed by atoms with van der Waals surface area (Å²) in [5, 5.41) is 0. The van der Waals surface area contributed by atoms with Crippen LogP contribution in [0.2, 0.25) is 0 Å². The molecule has 0 saturated carbocycles. The minimum Gasteiger partial charge on any atom is -0.295 e. The predicted octanol–water partition coefficient (Wildman–Crippen LogP) is -10.6. The summed E-state index contributed by atoms with van der Waals surface area (Å²) in [6.07, 6.45) is 0. The van der Waals surface area contributed by atoms with Crippen molar-refractivity contribution in [2.45, 2.75) is 0 Å². The third-order valence-corrected chi connectivity index (χ3v) is 0. The Hall–Kier alpha value is 2.46. The van der Waals surface area contributed by atoms with E-state index in [9.17, 15) is 0 Å². The quantitative estimate of drug-likeness (QED) is 0.350. The van der Waals surface area contributed by atoms with Crippen LogP contribution in [0.15, 0.2) is 0 Å². The molecule has 8 heavy (non-hydrogen) atoms. The number of halogens is 2. The maximum atomic E-state index is 8.62. The fourth-order valence-corrected chi connectivity index (χ4v) is 0. The molecule has 0 bridgehead atoms. The first kappa shape index (κ1) is 16.8. The van der Waals surface area contributed by atoms with Crippen LogP contribution < -0.4 is 85.2 Å². The second kappa shape index (κ2) is 9.46. The van der Waals surface area contributed by atoms with Crippen LogP contribution in [0, 0.1) is 0 Å². The molecule has 0 aromatic heterocycles. The zero-order valence-electron chi connectivity index (χ0n) is 3.84. The molecule has 0 unspecified atom stereocenters. The van der Waals surface area contributed by atoms with Gasteiger partial charge < -0.3 is 0 Å². The van der Waals surface area contributed by atoms with Crippen LogP contribution in [0.4, 0.5) is 0 Å². The molecule has 0 aliphatic rings. The number of hydrogen-bond acceptors (Lipinski definition) is 5. The largest absolute Gasteiger partial charge is 1.00 e. The molecule has 0 radical (unpaired) electrons. The maximum Gasteiger partial charge on any atom is 1.00 e. The first-order valence-electron chi connectivity index (χ1n) is 0.786. The van der Waals surface area contributed by atoms with Crippen molar-refractivity contribution >= 4 is 11.9 Å². The molecule has 0 saturated heterocycles. The number of rotatable bonds is 0. The van der Waals surface area contributed by atoms with Crippen LogP contribution in [0.1, 0.15) is 0 Å². The molecular formula is HClIKO5. The molecule has 0 spiro atoms. The fourth-order valence-electron chi connectivity index (χ4n) is 0. The van der Waals surface area contributed by atoms with Crippen LogP contribution >= 0.6 is 11.9 Å². The van der Waals surface area contributed by atoms with Gasteiger partial charge in [0.2, 0.25) is 0 Å². The van der Waals surface area contributed by atoms with Crippen molar-refractivity contribution in [3.8, 4) is 0 Å². The smallest absolute Gasteiger partial charge is 0.295 e.